The van der Waals surface area contributed by atoms with Gasteiger partial charge in [-0.05, 0) is 24.6 Å². The summed E-state index contributed by atoms with van der Waals surface area (Å²) < 4.78 is 0. The van der Waals surface area contributed by atoms with Crippen LogP contribution in [0.2, 0.25) is 0 Å². The van der Waals surface area contributed by atoms with Gasteiger partial charge in [-0.1, -0.05) is 6.42 Å². The molecule has 0 radical (unpaired) electrons. The lowest BCUT2D eigenvalue weighted by molar-refractivity contribution is 0.784. The summed E-state index contributed by atoms with van der Waals surface area (Å²) in [5.41, 5.74) is 0. The van der Waals surface area contributed by atoms with Crippen molar-refractivity contribution in [2.45, 2.75) is 19.3 Å². The van der Waals surface area contributed by atoms with Gasteiger partial charge in [0.15, 0.2) is 0 Å². The second kappa shape index (κ2) is 8.13. The van der Waals surface area contributed by atoms with Gasteiger partial charge in [-0.3, -0.25) is 0 Å². The number of nitrogens with zero attached hydrogens (tertiary/aromatic N) is 1. The van der Waals surface area contributed by atoms with Crippen LogP contribution in [0, 0.1) is 10.7 Å². The fourth-order valence-electron chi connectivity index (χ4n) is 0.491. The Labute approximate surface area is 65.4 Å². The minimum Gasteiger partial charge on any atom is -0.185 e. The van der Waals surface area contributed by atoms with Crippen molar-refractivity contribution >= 4 is 23.4 Å². The summed E-state index contributed by atoms with van der Waals surface area (Å²) in [6, 6.07) is 0. The average molecular weight is 164 g/mol. The predicted octanol–water partition coefficient (Wildman–Crippen LogP) is 2.61. The maximum absolute atomic E-state index is 8.11. The van der Waals surface area contributed by atoms with E-state index in [-0.39, 0.29) is 0 Å². The molecule has 0 aromatic rings. The molecule has 0 N–H and O–H groups in total. The zero-order chi connectivity index (χ0) is 6.95. The highest BCUT2D eigenvalue weighted by atomic mass is 35.5. The number of thioether (sulfide) groups is 1. The van der Waals surface area contributed by atoms with Crippen LogP contribution in [0.4, 0.5) is 0 Å². The summed E-state index contributed by atoms with van der Waals surface area (Å²) in [5, 5.41) is 10.1. The Hall–Kier alpha value is 0.130. The molecule has 0 amide bonds. The maximum atomic E-state index is 8.11. The van der Waals surface area contributed by atoms with Gasteiger partial charge in [0, 0.05) is 11.6 Å². The maximum Gasteiger partial charge on any atom is 0.133 e. The van der Waals surface area contributed by atoms with Crippen LogP contribution >= 0.6 is 23.4 Å². The molecule has 0 saturated carbocycles. The molecule has 9 heavy (non-hydrogen) atoms. The summed E-state index contributed by atoms with van der Waals surface area (Å²) in [6.45, 7) is 0. The minimum atomic E-state index is 0.747. The molecular formula is C6H10ClNS. The van der Waals surface area contributed by atoms with Crippen LogP contribution in [-0.2, 0) is 0 Å². The highest BCUT2D eigenvalue weighted by molar-refractivity contribution is 8.03. The zero-order valence-electron chi connectivity index (χ0n) is 5.27. The van der Waals surface area contributed by atoms with Crippen LogP contribution in [0.15, 0.2) is 0 Å². The van der Waals surface area contributed by atoms with Gasteiger partial charge in [-0.2, -0.15) is 5.26 Å². The molecule has 0 fully saturated rings. The van der Waals surface area contributed by atoms with E-state index in [9.17, 15) is 0 Å². The molecule has 0 bridgehead atoms. The Morgan fingerprint density at radius 1 is 1.33 bits per heavy atom. The number of hydrogen-bond acceptors (Lipinski definition) is 2. The molecule has 3 heteroatoms. The molecule has 0 spiro atoms. The number of alkyl halides is 1. The number of rotatable bonds is 5. The third-order valence-electron chi connectivity index (χ3n) is 0.945. The Morgan fingerprint density at radius 3 is 2.67 bits per heavy atom. The van der Waals surface area contributed by atoms with Gasteiger partial charge in [0.1, 0.15) is 5.40 Å². The topological polar surface area (TPSA) is 23.8 Å². The van der Waals surface area contributed by atoms with Crippen molar-refractivity contribution < 1.29 is 0 Å². The van der Waals surface area contributed by atoms with E-state index in [0.29, 0.717) is 0 Å². The van der Waals surface area contributed by atoms with Gasteiger partial charge in [0.05, 0.1) is 0 Å². The van der Waals surface area contributed by atoms with Crippen molar-refractivity contribution in [3.63, 3.8) is 0 Å². The highest BCUT2D eigenvalue weighted by Gasteiger charge is 1.86. The molecule has 52 valence electrons. The molecular weight excluding hydrogens is 154 g/mol. The van der Waals surface area contributed by atoms with Crippen molar-refractivity contribution in [2.75, 3.05) is 11.6 Å². The number of hydrogen-bond donors (Lipinski definition) is 0. The van der Waals surface area contributed by atoms with E-state index in [1.807, 2.05) is 5.40 Å². The van der Waals surface area contributed by atoms with Crippen LogP contribution in [0.25, 0.3) is 0 Å². The molecule has 0 heterocycles. The second-order valence-corrected chi connectivity index (χ2v) is 2.95. The SMILES string of the molecule is N#CSCCCCCCl. The first-order valence-electron chi connectivity index (χ1n) is 2.98. The summed E-state index contributed by atoms with van der Waals surface area (Å²) in [7, 11) is 0. The highest BCUT2D eigenvalue weighted by Crippen LogP contribution is 2.04. The lowest BCUT2D eigenvalue weighted by Crippen LogP contribution is -1.79. The quantitative estimate of drug-likeness (QED) is 0.354. The Morgan fingerprint density at radius 2 is 2.11 bits per heavy atom. The lowest BCUT2D eigenvalue weighted by Gasteiger charge is -1.91. The van der Waals surface area contributed by atoms with Gasteiger partial charge in [0.2, 0.25) is 0 Å². The first-order chi connectivity index (χ1) is 4.41. The largest absolute Gasteiger partial charge is 0.185 e. The molecule has 0 atom stereocenters. The molecule has 0 aromatic carbocycles. The van der Waals surface area contributed by atoms with E-state index in [2.05, 4.69) is 0 Å². The average Bonchev–Trinajstić information content (AvgIpc) is 1.89. The van der Waals surface area contributed by atoms with Crippen molar-refractivity contribution in [3.8, 4) is 5.40 Å². The second-order valence-electron chi connectivity index (χ2n) is 1.69. The van der Waals surface area contributed by atoms with Crippen LogP contribution < -0.4 is 0 Å². The fraction of sp³-hybridized carbons (Fsp3) is 0.833. The monoisotopic (exact) mass is 163 g/mol. The van der Waals surface area contributed by atoms with Crippen molar-refractivity contribution in [1.29, 1.82) is 5.26 Å². The van der Waals surface area contributed by atoms with Gasteiger partial charge < -0.3 is 0 Å². The van der Waals surface area contributed by atoms with Crippen LogP contribution in [0.3, 0.4) is 0 Å². The smallest absolute Gasteiger partial charge is 0.133 e. The molecule has 0 saturated heterocycles. The normalized spacial score (nSPS) is 8.89. The first kappa shape index (κ1) is 9.13. The molecule has 0 rings (SSSR count). The Kier molecular flexibility index (Phi) is 8.25. The van der Waals surface area contributed by atoms with E-state index in [1.54, 1.807) is 0 Å². The van der Waals surface area contributed by atoms with E-state index >= 15 is 0 Å². The first-order valence-corrected chi connectivity index (χ1v) is 4.50. The van der Waals surface area contributed by atoms with Crippen LogP contribution in [0.1, 0.15) is 19.3 Å². The van der Waals surface area contributed by atoms with Gasteiger partial charge >= 0.3 is 0 Å². The Balaban J connectivity index is 2.69. The third-order valence-corrected chi connectivity index (χ3v) is 1.83. The standard InChI is InChI=1S/C6H10ClNS/c7-4-2-1-3-5-9-6-8/h1-5H2. The number of halogens is 1. The van der Waals surface area contributed by atoms with E-state index in [4.69, 9.17) is 16.9 Å². The van der Waals surface area contributed by atoms with Gasteiger partial charge in [0.25, 0.3) is 0 Å². The predicted molar refractivity (Wildman–Crippen MR) is 42.6 cm³/mol. The number of nitriles is 1. The number of thiocyanates is 1. The Bertz CT molecular complexity index is 89.5. The summed E-state index contributed by atoms with van der Waals surface area (Å²) >= 11 is 6.76. The zero-order valence-corrected chi connectivity index (χ0v) is 6.84. The molecule has 0 aliphatic rings. The minimum absolute atomic E-state index is 0.747. The third kappa shape index (κ3) is 8.13. The molecule has 0 unspecified atom stereocenters. The van der Waals surface area contributed by atoms with E-state index in [1.165, 1.54) is 11.8 Å². The lowest BCUT2D eigenvalue weighted by atomic mass is 10.3. The molecule has 0 aliphatic carbocycles. The van der Waals surface area contributed by atoms with Gasteiger partial charge in [-0.15, -0.1) is 11.6 Å². The van der Waals surface area contributed by atoms with Crippen molar-refractivity contribution in [3.05, 3.63) is 0 Å². The molecule has 0 aromatic heterocycles. The van der Waals surface area contributed by atoms with Crippen molar-refractivity contribution in [1.82, 2.24) is 0 Å². The van der Waals surface area contributed by atoms with Gasteiger partial charge in [-0.25, -0.2) is 0 Å². The van der Waals surface area contributed by atoms with Crippen LogP contribution in [-0.4, -0.2) is 11.6 Å². The van der Waals surface area contributed by atoms with E-state index in [0.717, 1.165) is 30.9 Å². The van der Waals surface area contributed by atoms with Crippen LogP contribution in [0.5, 0.6) is 0 Å². The molecule has 0 aliphatic heterocycles. The fourth-order valence-corrected chi connectivity index (χ4v) is 1.12. The van der Waals surface area contributed by atoms with E-state index < -0.39 is 0 Å². The summed E-state index contributed by atoms with van der Waals surface area (Å²) in [4.78, 5) is 0. The molecule has 1 nitrogen and oxygen atoms in total. The summed E-state index contributed by atoms with van der Waals surface area (Å²) in [5.74, 6) is 1.70. The number of unbranched alkanes of at least 4 members (excludes halogenated alkanes) is 2. The van der Waals surface area contributed by atoms with Crippen molar-refractivity contribution in [2.24, 2.45) is 0 Å². The summed E-state index contributed by atoms with van der Waals surface area (Å²) in [6.07, 6.45) is 3.34.